The Morgan fingerprint density at radius 3 is 2.25 bits per heavy atom. The van der Waals surface area contributed by atoms with Crippen molar-refractivity contribution in [1.82, 2.24) is 0 Å². The van der Waals surface area contributed by atoms with E-state index in [0.29, 0.717) is 10.6 Å². The minimum absolute atomic E-state index is 0.105. The number of hydrogen-bond donors (Lipinski definition) is 1. The minimum atomic E-state index is -3.84. The molecular weight excluding hydrogens is 354 g/mol. The standard InChI is InChI=1S/C16H14ClNO5S/c1-10(15(19)12-3-2-4-13(17)9-12)23-16(20)11-5-7-14(8-6-11)24(18,21)22/h2-10H,1H3,(H2,18,21,22). The van der Waals surface area contributed by atoms with E-state index in [0.717, 1.165) is 0 Å². The van der Waals surface area contributed by atoms with Gasteiger partial charge in [0.25, 0.3) is 0 Å². The summed E-state index contributed by atoms with van der Waals surface area (Å²) in [6.07, 6.45) is -1.02. The zero-order valence-corrected chi connectivity index (χ0v) is 14.2. The van der Waals surface area contributed by atoms with Crippen LogP contribution in [0.1, 0.15) is 27.6 Å². The fourth-order valence-corrected chi connectivity index (χ4v) is 2.64. The van der Waals surface area contributed by atoms with Gasteiger partial charge >= 0.3 is 5.97 Å². The fraction of sp³-hybridized carbons (Fsp3) is 0.125. The van der Waals surface area contributed by atoms with Crippen LogP contribution in [0.3, 0.4) is 0 Å². The van der Waals surface area contributed by atoms with Gasteiger partial charge in [0.15, 0.2) is 6.10 Å². The maximum absolute atomic E-state index is 12.2. The number of nitrogens with two attached hydrogens (primary N) is 1. The molecule has 126 valence electrons. The Bertz CT molecular complexity index is 878. The highest BCUT2D eigenvalue weighted by Gasteiger charge is 2.21. The average molecular weight is 368 g/mol. The lowest BCUT2D eigenvalue weighted by Gasteiger charge is -2.12. The molecule has 0 amide bonds. The summed E-state index contributed by atoms with van der Waals surface area (Å²) >= 11 is 5.83. The Morgan fingerprint density at radius 2 is 1.71 bits per heavy atom. The Labute approximate surface area is 144 Å². The second-order valence-corrected chi connectivity index (χ2v) is 6.99. The molecule has 0 aliphatic rings. The lowest BCUT2D eigenvalue weighted by molar-refractivity contribution is 0.0318. The van der Waals surface area contributed by atoms with Crippen LogP contribution in [0, 0.1) is 0 Å². The molecule has 0 fully saturated rings. The summed E-state index contributed by atoms with van der Waals surface area (Å²) in [7, 11) is -3.84. The number of ketones is 1. The molecule has 0 spiro atoms. The first-order chi connectivity index (χ1) is 11.2. The summed E-state index contributed by atoms with van der Waals surface area (Å²) in [4.78, 5) is 24.1. The molecule has 0 radical (unpaired) electrons. The SMILES string of the molecule is CC(OC(=O)c1ccc(S(N)(=O)=O)cc1)C(=O)c1cccc(Cl)c1. The Morgan fingerprint density at radius 1 is 1.08 bits per heavy atom. The summed E-state index contributed by atoms with van der Waals surface area (Å²) in [5.41, 5.74) is 0.431. The molecule has 0 heterocycles. The van der Waals surface area contributed by atoms with Gasteiger partial charge in [-0.25, -0.2) is 18.4 Å². The van der Waals surface area contributed by atoms with Crippen LogP contribution in [-0.4, -0.2) is 26.3 Å². The van der Waals surface area contributed by atoms with E-state index >= 15 is 0 Å². The van der Waals surface area contributed by atoms with E-state index in [1.54, 1.807) is 18.2 Å². The molecule has 1 unspecified atom stereocenters. The first-order valence-electron chi connectivity index (χ1n) is 6.82. The van der Waals surface area contributed by atoms with Crippen LogP contribution < -0.4 is 5.14 Å². The van der Waals surface area contributed by atoms with Crippen molar-refractivity contribution in [3.8, 4) is 0 Å². The number of carbonyl (C=O) groups is 2. The molecule has 1 atom stereocenters. The van der Waals surface area contributed by atoms with Crippen LogP contribution in [-0.2, 0) is 14.8 Å². The van der Waals surface area contributed by atoms with Crippen molar-refractivity contribution in [2.75, 3.05) is 0 Å². The van der Waals surface area contributed by atoms with Crippen molar-refractivity contribution in [2.24, 2.45) is 5.14 Å². The van der Waals surface area contributed by atoms with Crippen molar-refractivity contribution in [2.45, 2.75) is 17.9 Å². The predicted octanol–water partition coefficient (Wildman–Crippen LogP) is 2.42. The van der Waals surface area contributed by atoms with E-state index in [1.807, 2.05) is 0 Å². The van der Waals surface area contributed by atoms with Gasteiger partial charge in [-0.2, -0.15) is 0 Å². The smallest absolute Gasteiger partial charge is 0.338 e. The number of carbonyl (C=O) groups excluding carboxylic acids is 2. The maximum atomic E-state index is 12.2. The molecule has 0 saturated heterocycles. The van der Waals surface area contributed by atoms with Gasteiger partial charge in [0.1, 0.15) is 0 Å². The monoisotopic (exact) mass is 367 g/mol. The molecule has 2 aromatic carbocycles. The number of ether oxygens (including phenoxy) is 1. The van der Waals surface area contributed by atoms with Gasteiger partial charge in [-0.3, -0.25) is 4.79 Å². The van der Waals surface area contributed by atoms with Gasteiger partial charge in [0.2, 0.25) is 15.8 Å². The zero-order valence-electron chi connectivity index (χ0n) is 12.6. The summed E-state index contributed by atoms with van der Waals surface area (Å²) in [5.74, 6) is -1.15. The number of sulfonamides is 1. The molecule has 0 aliphatic heterocycles. The highest BCUT2D eigenvalue weighted by Crippen LogP contribution is 2.15. The van der Waals surface area contributed by atoms with E-state index in [-0.39, 0.29) is 10.5 Å². The molecule has 2 rings (SSSR count). The predicted molar refractivity (Wildman–Crippen MR) is 88.5 cm³/mol. The van der Waals surface area contributed by atoms with Gasteiger partial charge in [-0.1, -0.05) is 23.7 Å². The van der Waals surface area contributed by atoms with Gasteiger partial charge in [0.05, 0.1) is 10.5 Å². The molecule has 0 aliphatic carbocycles. The zero-order chi connectivity index (χ0) is 17.9. The molecule has 0 bridgehead atoms. The lowest BCUT2D eigenvalue weighted by Crippen LogP contribution is -2.24. The van der Waals surface area contributed by atoms with Crippen LogP contribution in [0.4, 0.5) is 0 Å². The molecule has 6 nitrogen and oxygen atoms in total. The Kier molecular flexibility index (Phi) is 5.38. The normalized spacial score (nSPS) is 12.5. The van der Waals surface area contributed by atoms with Crippen LogP contribution in [0.2, 0.25) is 5.02 Å². The number of rotatable bonds is 5. The third-order valence-corrected chi connectivity index (χ3v) is 4.35. The van der Waals surface area contributed by atoms with Crippen LogP contribution in [0.5, 0.6) is 0 Å². The van der Waals surface area contributed by atoms with E-state index in [2.05, 4.69) is 0 Å². The second-order valence-electron chi connectivity index (χ2n) is 4.99. The highest BCUT2D eigenvalue weighted by atomic mass is 35.5. The van der Waals surface area contributed by atoms with Gasteiger partial charge in [0, 0.05) is 10.6 Å². The lowest BCUT2D eigenvalue weighted by atomic mass is 10.1. The Balaban J connectivity index is 2.10. The number of Topliss-reactive ketones (excluding diaryl/α,β-unsaturated/α-hetero) is 1. The van der Waals surface area contributed by atoms with Crippen LogP contribution >= 0.6 is 11.6 Å². The first kappa shape index (κ1) is 18.1. The highest BCUT2D eigenvalue weighted by molar-refractivity contribution is 7.89. The van der Waals surface area contributed by atoms with Crippen molar-refractivity contribution in [3.05, 3.63) is 64.7 Å². The minimum Gasteiger partial charge on any atom is -0.451 e. The third kappa shape index (κ3) is 4.41. The maximum Gasteiger partial charge on any atom is 0.338 e. The number of benzene rings is 2. The van der Waals surface area contributed by atoms with Crippen molar-refractivity contribution >= 4 is 33.4 Å². The largest absolute Gasteiger partial charge is 0.451 e. The van der Waals surface area contributed by atoms with E-state index in [1.165, 1.54) is 37.3 Å². The van der Waals surface area contributed by atoms with Gasteiger partial charge in [-0.05, 0) is 43.3 Å². The summed E-state index contributed by atoms with van der Waals surface area (Å²) < 4.78 is 27.4. The number of primary sulfonamides is 1. The third-order valence-electron chi connectivity index (χ3n) is 3.18. The molecule has 0 aromatic heterocycles. The van der Waals surface area contributed by atoms with E-state index < -0.39 is 27.9 Å². The summed E-state index contributed by atoms with van der Waals surface area (Å²) in [6.45, 7) is 1.44. The van der Waals surface area contributed by atoms with Gasteiger partial charge in [-0.15, -0.1) is 0 Å². The van der Waals surface area contributed by atoms with E-state index in [4.69, 9.17) is 21.5 Å². The summed E-state index contributed by atoms with van der Waals surface area (Å²) in [5, 5.41) is 5.38. The summed E-state index contributed by atoms with van der Waals surface area (Å²) in [6, 6.07) is 11.2. The van der Waals surface area contributed by atoms with Gasteiger partial charge < -0.3 is 4.74 Å². The van der Waals surface area contributed by atoms with Crippen molar-refractivity contribution < 1.29 is 22.7 Å². The Hall–Kier alpha value is -2.22. The number of hydrogen-bond acceptors (Lipinski definition) is 5. The van der Waals surface area contributed by atoms with E-state index in [9.17, 15) is 18.0 Å². The number of halogens is 1. The molecule has 8 heteroatoms. The topological polar surface area (TPSA) is 104 Å². The molecular formula is C16H14ClNO5S. The molecule has 24 heavy (non-hydrogen) atoms. The van der Waals surface area contributed by atoms with Crippen LogP contribution in [0.25, 0.3) is 0 Å². The first-order valence-corrected chi connectivity index (χ1v) is 8.74. The van der Waals surface area contributed by atoms with Crippen molar-refractivity contribution in [1.29, 1.82) is 0 Å². The second kappa shape index (κ2) is 7.12. The number of esters is 1. The fourth-order valence-electron chi connectivity index (χ4n) is 1.94. The quantitative estimate of drug-likeness (QED) is 0.645. The average Bonchev–Trinajstić information content (AvgIpc) is 2.53. The molecule has 0 saturated carbocycles. The molecule has 2 aromatic rings. The van der Waals surface area contributed by atoms with Crippen LogP contribution in [0.15, 0.2) is 53.4 Å². The van der Waals surface area contributed by atoms with Crippen molar-refractivity contribution in [3.63, 3.8) is 0 Å². The molecule has 2 N–H and O–H groups in total.